The minimum Gasteiger partial charge on any atom is -0.467 e. The minimum absolute atomic E-state index is 0.0778. The number of nitrogens with two attached hydrogens (primary N) is 1. The molecular formula is C17H24N2O. The van der Waals surface area contributed by atoms with Gasteiger partial charge in [-0.05, 0) is 36.7 Å². The molecule has 1 heterocycles. The molecule has 0 aliphatic carbocycles. The van der Waals surface area contributed by atoms with Gasteiger partial charge in [-0.1, -0.05) is 44.2 Å². The average Bonchev–Trinajstić information content (AvgIpc) is 2.93. The fourth-order valence-corrected chi connectivity index (χ4v) is 2.55. The van der Waals surface area contributed by atoms with Gasteiger partial charge in [0.25, 0.3) is 0 Å². The maximum Gasteiger partial charge on any atom is 0.125 e. The van der Waals surface area contributed by atoms with Gasteiger partial charge < -0.3 is 10.2 Å². The second-order valence-corrected chi connectivity index (χ2v) is 6.11. The average molecular weight is 272 g/mol. The summed E-state index contributed by atoms with van der Waals surface area (Å²) in [6, 6.07) is 14.5. The molecule has 0 saturated carbocycles. The fraction of sp³-hybridized carbons (Fsp3) is 0.412. The lowest BCUT2D eigenvalue weighted by Gasteiger charge is -2.34. The van der Waals surface area contributed by atoms with E-state index < -0.39 is 0 Å². The Hall–Kier alpha value is -1.58. The zero-order valence-electron chi connectivity index (χ0n) is 12.5. The number of benzene rings is 1. The summed E-state index contributed by atoms with van der Waals surface area (Å²) in [4.78, 5) is 2.31. The van der Waals surface area contributed by atoms with E-state index in [1.807, 2.05) is 18.2 Å². The van der Waals surface area contributed by atoms with Crippen LogP contribution >= 0.6 is 0 Å². The summed E-state index contributed by atoms with van der Waals surface area (Å²) in [6.07, 6.45) is 1.73. The van der Waals surface area contributed by atoms with Crippen LogP contribution in [-0.2, 0) is 0 Å². The van der Waals surface area contributed by atoms with E-state index in [4.69, 9.17) is 10.2 Å². The van der Waals surface area contributed by atoms with Crippen LogP contribution in [0.1, 0.15) is 31.2 Å². The molecule has 3 nitrogen and oxygen atoms in total. The molecule has 2 rings (SSSR count). The summed E-state index contributed by atoms with van der Waals surface area (Å²) in [6.45, 7) is 5.95. The molecule has 108 valence electrons. The van der Waals surface area contributed by atoms with Crippen molar-refractivity contribution in [3.8, 4) is 0 Å². The number of hydrogen-bond acceptors (Lipinski definition) is 3. The summed E-state index contributed by atoms with van der Waals surface area (Å²) >= 11 is 0. The Balaban J connectivity index is 2.28. The Labute approximate surface area is 121 Å². The number of furan rings is 1. The molecule has 0 fully saturated rings. The monoisotopic (exact) mass is 272 g/mol. The third kappa shape index (κ3) is 3.50. The minimum atomic E-state index is 0.0778. The van der Waals surface area contributed by atoms with Crippen molar-refractivity contribution < 1.29 is 4.42 Å². The van der Waals surface area contributed by atoms with Crippen molar-refractivity contribution in [2.45, 2.75) is 19.9 Å². The summed E-state index contributed by atoms with van der Waals surface area (Å²) in [5.74, 6) is 0.964. The first-order valence-electron chi connectivity index (χ1n) is 7.02. The molecule has 1 aromatic carbocycles. The van der Waals surface area contributed by atoms with Gasteiger partial charge in [-0.2, -0.15) is 0 Å². The zero-order valence-corrected chi connectivity index (χ0v) is 12.5. The lowest BCUT2D eigenvalue weighted by atomic mass is 9.91. The fourth-order valence-electron chi connectivity index (χ4n) is 2.55. The van der Waals surface area contributed by atoms with Gasteiger partial charge in [-0.3, -0.25) is 4.90 Å². The van der Waals surface area contributed by atoms with Crippen molar-refractivity contribution >= 4 is 0 Å². The Morgan fingerprint density at radius 2 is 1.85 bits per heavy atom. The van der Waals surface area contributed by atoms with Crippen LogP contribution in [0.4, 0.5) is 0 Å². The smallest absolute Gasteiger partial charge is 0.125 e. The van der Waals surface area contributed by atoms with Crippen LogP contribution in [0, 0.1) is 5.41 Å². The van der Waals surface area contributed by atoms with Crippen molar-refractivity contribution in [2.75, 3.05) is 20.1 Å². The molecule has 20 heavy (non-hydrogen) atoms. The van der Waals surface area contributed by atoms with E-state index in [0.717, 1.165) is 12.3 Å². The van der Waals surface area contributed by atoms with Crippen LogP contribution < -0.4 is 5.73 Å². The Kier molecular flexibility index (Phi) is 4.63. The van der Waals surface area contributed by atoms with E-state index >= 15 is 0 Å². The van der Waals surface area contributed by atoms with E-state index in [1.54, 1.807) is 6.26 Å². The van der Waals surface area contributed by atoms with Gasteiger partial charge in [0.15, 0.2) is 0 Å². The van der Waals surface area contributed by atoms with Crippen molar-refractivity contribution in [3.63, 3.8) is 0 Å². The van der Waals surface area contributed by atoms with Crippen LogP contribution in [0.15, 0.2) is 53.1 Å². The highest BCUT2D eigenvalue weighted by Crippen LogP contribution is 2.30. The molecule has 0 bridgehead atoms. The van der Waals surface area contributed by atoms with Crippen molar-refractivity contribution in [1.82, 2.24) is 4.90 Å². The predicted molar refractivity (Wildman–Crippen MR) is 82.5 cm³/mol. The number of rotatable bonds is 6. The summed E-state index contributed by atoms with van der Waals surface area (Å²) < 4.78 is 5.65. The van der Waals surface area contributed by atoms with Crippen molar-refractivity contribution in [3.05, 3.63) is 60.1 Å². The first kappa shape index (κ1) is 14.8. The highest BCUT2D eigenvalue weighted by molar-refractivity contribution is 5.26. The van der Waals surface area contributed by atoms with E-state index in [1.165, 1.54) is 5.56 Å². The Morgan fingerprint density at radius 1 is 1.15 bits per heavy atom. The molecule has 3 heteroatoms. The first-order valence-corrected chi connectivity index (χ1v) is 7.02. The third-order valence-electron chi connectivity index (χ3n) is 3.60. The van der Waals surface area contributed by atoms with Gasteiger partial charge in [-0.15, -0.1) is 0 Å². The van der Waals surface area contributed by atoms with E-state index in [9.17, 15) is 0 Å². The second kappa shape index (κ2) is 6.25. The quantitative estimate of drug-likeness (QED) is 0.877. The van der Waals surface area contributed by atoms with E-state index in [-0.39, 0.29) is 11.5 Å². The lowest BCUT2D eigenvalue weighted by molar-refractivity contribution is 0.170. The molecule has 0 spiro atoms. The first-order chi connectivity index (χ1) is 9.53. The molecule has 0 aliphatic rings. The summed E-state index contributed by atoms with van der Waals surface area (Å²) in [5, 5.41) is 0. The molecule has 0 radical (unpaired) electrons. The van der Waals surface area contributed by atoms with Crippen molar-refractivity contribution in [2.24, 2.45) is 11.1 Å². The van der Waals surface area contributed by atoms with Gasteiger partial charge in [0.2, 0.25) is 0 Å². The molecule has 1 unspecified atom stereocenters. The standard InChI is InChI=1S/C17H24N2O/c1-17(2,12-18)13-19(3)16(15-10-7-11-20-15)14-8-5-4-6-9-14/h4-11,16H,12-13,18H2,1-3H3. The van der Waals surface area contributed by atoms with Gasteiger partial charge in [0.05, 0.1) is 12.3 Å². The maximum atomic E-state index is 5.86. The van der Waals surface area contributed by atoms with Gasteiger partial charge in [-0.25, -0.2) is 0 Å². The van der Waals surface area contributed by atoms with Crippen LogP contribution in [0.3, 0.4) is 0 Å². The van der Waals surface area contributed by atoms with Crippen LogP contribution in [-0.4, -0.2) is 25.0 Å². The molecule has 0 amide bonds. The summed E-state index contributed by atoms with van der Waals surface area (Å²) in [7, 11) is 2.12. The molecular weight excluding hydrogens is 248 g/mol. The van der Waals surface area contributed by atoms with Gasteiger partial charge in [0.1, 0.15) is 5.76 Å². The van der Waals surface area contributed by atoms with E-state index in [0.29, 0.717) is 6.54 Å². The summed E-state index contributed by atoms with van der Waals surface area (Å²) in [5.41, 5.74) is 7.17. The normalized spacial score (nSPS) is 13.7. The Morgan fingerprint density at radius 3 is 2.40 bits per heavy atom. The van der Waals surface area contributed by atoms with Gasteiger partial charge >= 0.3 is 0 Å². The van der Waals surface area contributed by atoms with Crippen LogP contribution in [0.5, 0.6) is 0 Å². The highest BCUT2D eigenvalue weighted by Gasteiger charge is 2.26. The number of nitrogens with zero attached hydrogens (tertiary/aromatic N) is 1. The highest BCUT2D eigenvalue weighted by atomic mass is 16.3. The lowest BCUT2D eigenvalue weighted by Crippen LogP contribution is -2.38. The third-order valence-corrected chi connectivity index (χ3v) is 3.60. The molecule has 1 aromatic heterocycles. The van der Waals surface area contributed by atoms with Crippen LogP contribution in [0.2, 0.25) is 0 Å². The Bertz CT molecular complexity index is 505. The SMILES string of the molecule is CN(CC(C)(C)CN)C(c1ccccc1)c1ccco1. The van der Waals surface area contributed by atoms with Gasteiger partial charge in [0, 0.05) is 6.54 Å². The van der Waals surface area contributed by atoms with Crippen LogP contribution in [0.25, 0.3) is 0 Å². The number of hydrogen-bond donors (Lipinski definition) is 1. The largest absolute Gasteiger partial charge is 0.467 e. The molecule has 2 aromatic rings. The maximum absolute atomic E-state index is 5.86. The van der Waals surface area contributed by atoms with Crippen molar-refractivity contribution in [1.29, 1.82) is 0 Å². The molecule has 0 aliphatic heterocycles. The zero-order chi connectivity index (χ0) is 14.6. The molecule has 2 N–H and O–H groups in total. The molecule has 1 atom stereocenters. The van der Waals surface area contributed by atoms with E-state index in [2.05, 4.69) is 50.1 Å². The molecule has 0 saturated heterocycles. The topological polar surface area (TPSA) is 42.4 Å². The second-order valence-electron chi connectivity index (χ2n) is 6.11. The predicted octanol–water partition coefficient (Wildman–Crippen LogP) is 3.29.